The van der Waals surface area contributed by atoms with Crippen molar-refractivity contribution >= 4 is 5.91 Å². The van der Waals surface area contributed by atoms with Crippen molar-refractivity contribution in [3.63, 3.8) is 0 Å². The maximum Gasteiger partial charge on any atom is 0.258 e. The van der Waals surface area contributed by atoms with Gasteiger partial charge in [0.15, 0.2) is 6.61 Å². The highest BCUT2D eigenvalue weighted by Gasteiger charge is 2.10. The van der Waals surface area contributed by atoms with Crippen molar-refractivity contribution in [2.24, 2.45) is 0 Å². The molecule has 116 valence electrons. The van der Waals surface area contributed by atoms with Gasteiger partial charge in [-0.05, 0) is 61.7 Å². The second-order valence-electron chi connectivity index (χ2n) is 5.38. The number of carbonyl (C=O) groups excluding carboxylic acids is 1. The standard InChI is InChI=1S/C18H20FNO2/c1-12-4-9-17(10-13(12)2)22-11-18(21)20-14(3)15-5-7-16(19)8-6-15/h4-10,14H,11H2,1-3H3,(H,20,21)/t14-/m0/s1. The molecule has 0 bridgehead atoms. The van der Waals surface area contributed by atoms with Crippen LogP contribution in [0.5, 0.6) is 5.75 Å². The molecular weight excluding hydrogens is 281 g/mol. The van der Waals surface area contributed by atoms with E-state index in [9.17, 15) is 9.18 Å². The number of carbonyl (C=O) groups is 1. The third-order valence-corrected chi connectivity index (χ3v) is 3.60. The summed E-state index contributed by atoms with van der Waals surface area (Å²) in [4.78, 5) is 11.9. The van der Waals surface area contributed by atoms with Crippen molar-refractivity contribution in [1.82, 2.24) is 5.32 Å². The predicted molar refractivity (Wildman–Crippen MR) is 84.4 cm³/mol. The summed E-state index contributed by atoms with van der Waals surface area (Å²) in [5, 5.41) is 2.83. The Morgan fingerprint density at radius 1 is 1.14 bits per heavy atom. The molecule has 1 N–H and O–H groups in total. The molecular formula is C18H20FNO2. The summed E-state index contributed by atoms with van der Waals surface area (Å²) in [5.41, 5.74) is 3.15. The van der Waals surface area contributed by atoms with Gasteiger partial charge in [-0.25, -0.2) is 4.39 Å². The maximum absolute atomic E-state index is 12.9. The summed E-state index contributed by atoms with van der Waals surface area (Å²) in [6.45, 7) is 5.82. The molecule has 0 heterocycles. The number of hydrogen-bond acceptors (Lipinski definition) is 2. The van der Waals surface area contributed by atoms with Crippen molar-refractivity contribution in [1.29, 1.82) is 0 Å². The van der Waals surface area contributed by atoms with Crippen LogP contribution >= 0.6 is 0 Å². The molecule has 1 atom stereocenters. The molecule has 22 heavy (non-hydrogen) atoms. The molecule has 0 radical (unpaired) electrons. The number of amides is 1. The molecule has 0 fully saturated rings. The number of aryl methyl sites for hydroxylation is 2. The largest absolute Gasteiger partial charge is 0.484 e. The van der Waals surface area contributed by atoms with Crippen LogP contribution in [0.2, 0.25) is 0 Å². The van der Waals surface area contributed by atoms with E-state index in [1.165, 1.54) is 17.7 Å². The molecule has 0 aliphatic carbocycles. The van der Waals surface area contributed by atoms with Gasteiger partial charge in [0, 0.05) is 0 Å². The predicted octanol–water partition coefficient (Wildman–Crippen LogP) is 3.70. The van der Waals surface area contributed by atoms with Crippen molar-refractivity contribution in [3.05, 3.63) is 65.0 Å². The second-order valence-corrected chi connectivity index (χ2v) is 5.38. The van der Waals surface area contributed by atoms with Crippen LogP contribution in [-0.4, -0.2) is 12.5 Å². The zero-order valence-corrected chi connectivity index (χ0v) is 13.0. The zero-order valence-electron chi connectivity index (χ0n) is 13.0. The molecule has 4 heteroatoms. The minimum atomic E-state index is -0.291. The maximum atomic E-state index is 12.9. The van der Waals surface area contributed by atoms with Crippen LogP contribution in [-0.2, 0) is 4.79 Å². The van der Waals surface area contributed by atoms with E-state index in [2.05, 4.69) is 5.32 Å². The van der Waals surface area contributed by atoms with Crippen LogP contribution in [0.15, 0.2) is 42.5 Å². The lowest BCUT2D eigenvalue weighted by Crippen LogP contribution is -2.31. The molecule has 0 saturated heterocycles. The average molecular weight is 301 g/mol. The normalized spacial score (nSPS) is 11.8. The van der Waals surface area contributed by atoms with Gasteiger partial charge in [0.05, 0.1) is 6.04 Å². The Kier molecular flexibility index (Phi) is 5.15. The summed E-state index contributed by atoms with van der Waals surface area (Å²) in [6.07, 6.45) is 0. The summed E-state index contributed by atoms with van der Waals surface area (Å²) in [7, 11) is 0. The van der Waals surface area contributed by atoms with E-state index < -0.39 is 0 Å². The van der Waals surface area contributed by atoms with Gasteiger partial charge >= 0.3 is 0 Å². The summed E-state index contributed by atoms with van der Waals surface area (Å²) in [5.74, 6) is 0.170. The van der Waals surface area contributed by atoms with Crippen molar-refractivity contribution in [2.45, 2.75) is 26.8 Å². The molecule has 2 aromatic rings. The molecule has 0 saturated carbocycles. The van der Waals surface area contributed by atoms with E-state index in [0.29, 0.717) is 5.75 Å². The first kappa shape index (κ1) is 16.0. The van der Waals surface area contributed by atoms with Crippen LogP contribution < -0.4 is 10.1 Å². The van der Waals surface area contributed by atoms with E-state index in [4.69, 9.17) is 4.74 Å². The van der Waals surface area contributed by atoms with E-state index in [0.717, 1.165) is 11.1 Å². The van der Waals surface area contributed by atoms with Crippen LogP contribution in [0.4, 0.5) is 4.39 Å². The Bertz CT molecular complexity index is 653. The first-order valence-corrected chi connectivity index (χ1v) is 7.20. The minimum absolute atomic E-state index is 0.0476. The monoisotopic (exact) mass is 301 g/mol. The average Bonchev–Trinajstić information content (AvgIpc) is 2.49. The molecule has 0 spiro atoms. The van der Waals surface area contributed by atoms with E-state index in [1.807, 2.05) is 39.0 Å². The lowest BCUT2D eigenvalue weighted by atomic mass is 10.1. The zero-order chi connectivity index (χ0) is 16.1. The molecule has 0 aliphatic heterocycles. The lowest BCUT2D eigenvalue weighted by molar-refractivity contribution is -0.123. The first-order valence-electron chi connectivity index (χ1n) is 7.20. The Balaban J connectivity index is 1.87. The van der Waals surface area contributed by atoms with Gasteiger partial charge in [0.2, 0.25) is 0 Å². The van der Waals surface area contributed by atoms with E-state index >= 15 is 0 Å². The summed E-state index contributed by atoms with van der Waals surface area (Å²) in [6, 6.07) is 11.6. The fourth-order valence-electron chi connectivity index (χ4n) is 2.07. The number of ether oxygens (including phenoxy) is 1. The second kappa shape index (κ2) is 7.07. The van der Waals surface area contributed by atoms with Crippen LogP contribution in [0, 0.1) is 19.7 Å². The fraction of sp³-hybridized carbons (Fsp3) is 0.278. The molecule has 1 amide bonds. The highest BCUT2D eigenvalue weighted by molar-refractivity contribution is 5.78. The first-order chi connectivity index (χ1) is 10.5. The van der Waals surface area contributed by atoms with Gasteiger partial charge < -0.3 is 10.1 Å². The molecule has 2 aromatic carbocycles. The number of nitrogens with one attached hydrogen (secondary N) is 1. The minimum Gasteiger partial charge on any atom is -0.484 e. The quantitative estimate of drug-likeness (QED) is 0.914. The fourth-order valence-corrected chi connectivity index (χ4v) is 2.07. The Labute approximate surface area is 130 Å². The highest BCUT2D eigenvalue weighted by Crippen LogP contribution is 2.16. The topological polar surface area (TPSA) is 38.3 Å². The molecule has 3 nitrogen and oxygen atoms in total. The molecule has 0 unspecified atom stereocenters. The van der Waals surface area contributed by atoms with Crippen LogP contribution in [0.25, 0.3) is 0 Å². The van der Waals surface area contributed by atoms with Gasteiger partial charge in [-0.3, -0.25) is 4.79 Å². The Hall–Kier alpha value is -2.36. The number of hydrogen-bond donors (Lipinski definition) is 1. The Morgan fingerprint density at radius 3 is 2.45 bits per heavy atom. The summed E-state index contributed by atoms with van der Waals surface area (Å²) < 4.78 is 18.4. The van der Waals surface area contributed by atoms with Gasteiger partial charge in [-0.1, -0.05) is 18.2 Å². The van der Waals surface area contributed by atoms with Crippen LogP contribution in [0.3, 0.4) is 0 Å². The number of rotatable bonds is 5. The lowest BCUT2D eigenvalue weighted by Gasteiger charge is -2.15. The molecule has 2 rings (SSSR count). The van der Waals surface area contributed by atoms with Gasteiger partial charge in [-0.15, -0.1) is 0 Å². The third kappa shape index (κ3) is 4.32. The third-order valence-electron chi connectivity index (χ3n) is 3.60. The van der Waals surface area contributed by atoms with Gasteiger partial charge in [-0.2, -0.15) is 0 Å². The van der Waals surface area contributed by atoms with Crippen LogP contribution in [0.1, 0.15) is 29.7 Å². The highest BCUT2D eigenvalue weighted by atomic mass is 19.1. The summed E-state index contributed by atoms with van der Waals surface area (Å²) >= 11 is 0. The SMILES string of the molecule is Cc1ccc(OCC(=O)N[C@@H](C)c2ccc(F)cc2)cc1C. The van der Waals surface area contributed by atoms with Crippen molar-refractivity contribution in [2.75, 3.05) is 6.61 Å². The van der Waals surface area contributed by atoms with E-state index in [-0.39, 0.29) is 24.4 Å². The smallest absolute Gasteiger partial charge is 0.258 e. The van der Waals surface area contributed by atoms with Crippen molar-refractivity contribution in [3.8, 4) is 5.75 Å². The van der Waals surface area contributed by atoms with Crippen molar-refractivity contribution < 1.29 is 13.9 Å². The van der Waals surface area contributed by atoms with Gasteiger partial charge in [0.1, 0.15) is 11.6 Å². The van der Waals surface area contributed by atoms with Gasteiger partial charge in [0.25, 0.3) is 5.91 Å². The number of benzene rings is 2. The molecule has 0 aromatic heterocycles. The van der Waals surface area contributed by atoms with E-state index in [1.54, 1.807) is 12.1 Å². The Morgan fingerprint density at radius 2 is 1.82 bits per heavy atom. The number of halogens is 1. The molecule has 0 aliphatic rings.